The van der Waals surface area contributed by atoms with Crippen LogP contribution in [0.25, 0.3) is 0 Å². The molecule has 20 heavy (non-hydrogen) atoms. The summed E-state index contributed by atoms with van der Waals surface area (Å²) in [5, 5.41) is 1.89. The first-order chi connectivity index (χ1) is 9.45. The zero-order valence-corrected chi connectivity index (χ0v) is 13.1. The van der Waals surface area contributed by atoms with Crippen LogP contribution in [0.2, 0.25) is 0 Å². The number of hydrogen-bond acceptors (Lipinski definition) is 3. The predicted molar refractivity (Wildman–Crippen MR) is 78.9 cm³/mol. The summed E-state index contributed by atoms with van der Waals surface area (Å²) < 4.78 is 39.4. The van der Waals surface area contributed by atoms with Crippen molar-refractivity contribution in [2.24, 2.45) is 0 Å². The average Bonchev–Trinajstić information content (AvgIpc) is 2.91. The van der Waals surface area contributed by atoms with Gasteiger partial charge in [-0.25, -0.2) is 12.8 Å². The Bertz CT molecular complexity index is 686. The second-order valence-electron chi connectivity index (χ2n) is 4.23. The van der Waals surface area contributed by atoms with Gasteiger partial charge < -0.3 is 0 Å². The summed E-state index contributed by atoms with van der Waals surface area (Å²) in [5.41, 5.74) is 0.178. The van der Waals surface area contributed by atoms with Crippen LogP contribution < -0.4 is 0 Å². The zero-order valence-electron chi connectivity index (χ0n) is 10.7. The van der Waals surface area contributed by atoms with Crippen molar-refractivity contribution in [3.63, 3.8) is 0 Å². The van der Waals surface area contributed by atoms with E-state index in [0.717, 1.165) is 10.9 Å². The lowest BCUT2D eigenvalue weighted by atomic mass is 10.2. The summed E-state index contributed by atoms with van der Waals surface area (Å²) in [6.07, 6.45) is 0. The van der Waals surface area contributed by atoms with Crippen molar-refractivity contribution >= 4 is 33.0 Å². The van der Waals surface area contributed by atoms with E-state index in [1.54, 1.807) is 0 Å². The minimum Gasteiger partial charge on any atom is -0.207 e. The maximum atomic E-state index is 13.4. The predicted octanol–water partition coefficient (Wildman–Crippen LogP) is 3.45. The number of nitrogens with zero attached hydrogens (tertiary/aromatic N) is 1. The Morgan fingerprint density at radius 2 is 2.10 bits per heavy atom. The molecule has 108 valence electrons. The van der Waals surface area contributed by atoms with Gasteiger partial charge in [0.1, 0.15) is 5.82 Å². The number of benzene rings is 1. The highest BCUT2D eigenvalue weighted by Crippen LogP contribution is 2.22. The molecule has 0 aliphatic heterocycles. The zero-order chi connectivity index (χ0) is 14.8. The summed E-state index contributed by atoms with van der Waals surface area (Å²) in [5.74, 6) is -0.566. The maximum Gasteiger partial charge on any atom is 0.243 e. The van der Waals surface area contributed by atoms with E-state index in [2.05, 4.69) is 0 Å². The van der Waals surface area contributed by atoms with E-state index in [9.17, 15) is 12.8 Å². The SMILES string of the molecule is CN(Cc1cccs1)S(=O)(=O)c1ccc(F)c(CCl)c1. The number of alkyl halides is 1. The molecule has 1 aromatic carbocycles. The van der Waals surface area contributed by atoms with Crippen LogP contribution in [0.15, 0.2) is 40.6 Å². The molecule has 0 atom stereocenters. The topological polar surface area (TPSA) is 37.4 Å². The van der Waals surface area contributed by atoms with Crippen molar-refractivity contribution in [1.82, 2.24) is 4.31 Å². The van der Waals surface area contributed by atoms with Crippen LogP contribution in [0, 0.1) is 5.82 Å². The van der Waals surface area contributed by atoms with E-state index in [-0.39, 0.29) is 22.9 Å². The van der Waals surface area contributed by atoms with Crippen molar-refractivity contribution in [2.45, 2.75) is 17.3 Å². The molecule has 0 saturated carbocycles. The van der Waals surface area contributed by atoms with Gasteiger partial charge in [0, 0.05) is 24.0 Å². The summed E-state index contributed by atoms with van der Waals surface area (Å²) in [6, 6.07) is 7.40. The molecule has 0 aliphatic carbocycles. The van der Waals surface area contributed by atoms with E-state index in [1.807, 2.05) is 17.5 Å². The highest BCUT2D eigenvalue weighted by Gasteiger charge is 2.22. The number of halogens is 2. The summed E-state index contributed by atoms with van der Waals surface area (Å²) in [6.45, 7) is 0.285. The van der Waals surface area contributed by atoms with E-state index in [4.69, 9.17) is 11.6 Å². The maximum absolute atomic E-state index is 13.4. The lowest BCUT2D eigenvalue weighted by molar-refractivity contribution is 0.469. The second kappa shape index (κ2) is 6.22. The quantitative estimate of drug-likeness (QED) is 0.786. The molecule has 0 fully saturated rings. The fraction of sp³-hybridized carbons (Fsp3) is 0.231. The van der Waals surface area contributed by atoms with Gasteiger partial charge in [0.2, 0.25) is 10.0 Å². The smallest absolute Gasteiger partial charge is 0.207 e. The second-order valence-corrected chi connectivity index (χ2v) is 7.57. The van der Waals surface area contributed by atoms with Gasteiger partial charge in [0.15, 0.2) is 0 Å². The molecule has 0 N–H and O–H groups in total. The van der Waals surface area contributed by atoms with Crippen molar-refractivity contribution in [3.8, 4) is 0 Å². The van der Waals surface area contributed by atoms with E-state index >= 15 is 0 Å². The van der Waals surface area contributed by atoms with E-state index < -0.39 is 15.8 Å². The Labute approximate surface area is 126 Å². The third-order valence-electron chi connectivity index (χ3n) is 2.83. The van der Waals surface area contributed by atoms with E-state index in [0.29, 0.717) is 0 Å². The first kappa shape index (κ1) is 15.4. The molecule has 3 nitrogen and oxygen atoms in total. The van der Waals surface area contributed by atoms with Crippen LogP contribution in [0.3, 0.4) is 0 Å². The van der Waals surface area contributed by atoms with Crippen molar-refractivity contribution in [1.29, 1.82) is 0 Å². The monoisotopic (exact) mass is 333 g/mol. The molecule has 1 aromatic heterocycles. The Hall–Kier alpha value is -0.950. The molecule has 7 heteroatoms. The Balaban J connectivity index is 2.29. The normalized spacial score (nSPS) is 12.0. The third kappa shape index (κ3) is 3.20. The number of sulfonamides is 1. The van der Waals surface area contributed by atoms with Crippen molar-refractivity contribution < 1.29 is 12.8 Å². The molecule has 2 rings (SSSR count). The fourth-order valence-electron chi connectivity index (χ4n) is 1.70. The Kier molecular flexibility index (Phi) is 4.80. The van der Waals surface area contributed by atoms with Crippen LogP contribution in [-0.4, -0.2) is 19.8 Å². The molecule has 1 heterocycles. The highest BCUT2D eigenvalue weighted by molar-refractivity contribution is 7.89. The molecule has 0 bridgehead atoms. The molecule has 2 aromatic rings. The van der Waals surface area contributed by atoms with E-state index in [1.165, 1.54) is 34.8 Å². The first-order valence-corrected chi connectivity index (χ1v) is 8.63. The molecule has 0 saturated heterocycles. The van der Waals surface area contributed by atoms with Crippen molar-refractivity contribution in [2.75, 3.05) is 7.05 Å². The van der Waals surface area contributed by atoms with Gasteiger partial charge in [0.05, 0.1) is 10.8 Å². The van der Waals surface area contributed by atoms with Gasteiger partial charge in [0.25, 0.3) is 0 Å². The van der Waals surface area contributed by atoms with Crippen LogP contribution in [0.4, 0.5) is 4.39 Å². The van der Waals surface area contributed by atoms with Crippen LogP contribution in [0.5, 0.6) is 0 Å². The molecular formula is C13H13ClFNO2S2. The average molecular weight is 334 g/mol. The molecule has 0 unspecified atom stereocenters. The van der Waals surface area contributed by atoms with Crippen LogP contribution in [0.1, 0.15) is 10.4 Å². The molecular weight excluding hydrogens is 321 g/mol. The largest absolute Gasteiger partial charge is 0.243 e. The standard InChI is InChI=1S/C13H13ClFNO2S2/c1-16(9-11-3-2-6-19-11)20(17,18)12-4-5-13(15)10(7-12)8-14/h2-7H,8-9H2,1H3. The molecule has 0 amide bonds. The number of thiophene rings is 1. The molecule has 0 spiro atoms. The van der Waals surface area contributed by atoms with Gasteiger partial charge in [-0.05, 0) is 29.6 Å². The lowest BCUT2D eigenvalue weighted by Crippen LogP contribution is -2.26. The number of rotatable bonds is 5. The van der Waals surface area contributed by atoms with Gasteiger partial charge in [-0.15, -0.1) is 22.9 Å². The molecule has 0 radical (unpaired) electrons. The lowest BCUT2D eigenvalue weighted by Gasteiger charge is -2.17. The highest BCUT2D eigenvalue weighted by atomic mass is 35.5. The van der Waals surface area contributed by atoms with Gasteiger partial charge in [-0.1, -0.05) is 6.07 Å². The van der Waals surface area contributed by atoms with Gasteiger partial charge in [-0.2, -0.15) is 4.31 Å². The van der Waals surface area contributed by atoms with Crippen LogP contribution in [-0.2, 0) is 22.4 Å². The Morgan fingerprint density at radius 1 is 1.35 bits per heavy atom. The van der Waals surface area contributed by atoms with Gasteiger partial charge in [-0.3, -0.25) is 0 Å². The summed E-state index contributed by atoms with van der Waals surface area (Å²) in [7, 11) is -2.15. The minimum absolute atomic E-state index is 0.0496. The first-order valence-electron chi connectivity index (χ1n) is 5.78. The fourth-order valence-corrected chi connectivity index (χ4v) is 3.94. The minimum atomic E-state index is -3.65. The van der Waals surface area contributed by atoms with Crippen molar-refractivity contribution in [3.05, 3.63) is 52.0 Å². The van der Waals surface area contributed by atoms with Gasteiger partial charge >= 0.3 is 0 Å². The molecule has 0 aliphatic rings. The Morgan fingerprint density at radius 3 is 2.70 bits per heavy atom. The summed E-state index contributed by atoms with van der Waals surface area (Å²) >= 11 is 7.09. The summed E-state index contributed by atoms with van der Waals surface area (Å²) in [4.78, 5) is 0.990. The van der Waals surface area contributed by atoms with Crippen LogP contribution >= 0.6 is 22.9 Å². The number of hydrogen-bond donors (Lipinski definition) is 0. The third-order valence-corrected chi connectivity index (χ3v) is 5.78.